The summed E-state index contributed by atoms with van der Waals surface area (Å²) in [5, 5.41) is 7.47. The summed E-state index contributed by atoms with van der Waals surface area (Å²) < 4.78 is 6.64. The molecule has 0 fully saturated rings. The fraction of sp³-hybridized carbons (Fsp3) is 0.150. The molecule has 8 heteroatoms. The van der Waals surface area contributed by atoms with Gasteiger partial charge in [-0.05, 0) is 38.1 Å². The van der Waals surface area contributed by atoms with Gasteiger partial charge in [-0.25, -0.2) is 9.50 Å². The van der Waals surface area contributed by atoms with E-state index in [2.05, 4.69) is 32.3 Å². The van der Waals surface area contributed by atoms with E-state index in [-0.39, 0.29) is 5.91 Å². The van der Waals surface area contributed by atoms with Crippen LogP contribution in [0.25, 0.3) is 16.9 Å². The Labute approximate surface area is 161 Å². The molecular formula is C20H20N6O2. The number of carbonyl (C=O) groups excluding carboxylic acids is 1. The number of aromatic nitrogens is 3. The molecule has 142 valence electrons. The minimum Gasteiger partial charge on any atom is -0.481 e. The van der Waals surface area contributed by atoms with Crippen LogP contribution in [0.2, 0.25) is 0 Å². The van der Waals surface area contributed by atoms with E-state index in [1.807, 2.05) is 37.3 Å². The number of amides is 1. The number of nitrogens with zero attached hydrogens (tertiary/aromatic N) is 3. The van der Waals surface area contributed by atoms with Gasteiger partial charge >= 0.3 is 0 Å². The van der Waals surface area contributed by atoms with Crippen molar-refractivity contribution in [1.29, 1.82) is 0 Å². The van der Waals surface area contributed by atoms with Crippen LogP contribution in [0.3, 0.4) is 0 Å². The number of imidazole rings is 1. The van der Waals surface area contributed by atoms with Crippen molar-refractivity contribution < 1.29 is 9.53 Å². The lowest BCUT2D eigenvalue weighted by molar-refractivity contribution is 0.0953. The van der Waals surface area contributed by atoms with Crippen molar-refractivity contribution >= 4 is 11.6 Å². The van der Waals surface area contributed by atoms with Crippen LogP contribution in [0.4, 0.5) is 0 Å². The number of benzene rings is 1. The van der Waals surface area contributed by atoms with Gasteiger partial charge in [0.15, 0.2) is 11.3 Å². The van der Waals surface area contributed by atoms with E-state index in [9.17, 15) is 4.79 Å². The number of ether oxygens (including phenoxy) is 1. The Morgan fingerprint density at radius 1 is 1.14 bits per heavy atom. The quantitative estimate of drug-likeness (QED) is 0.646. The number of methoxy groups -OCH3 is 1. The molecule has 0 saturated carbocycles. The van der Waals surface area contributed by atoms with Crippen LogP contribution >= 0.6 is 0 Å². The zero-order chi connectivity index (χ0) is 19.7. The molecule has 28 heavy (non-hydrogen) atoms. The summed E-state index contributed by atoms with van der Waals surface area (Å²) in [5.74, 6) is 0.733. The first-order chi connectivity index (χ1) is 13.5. The number of fused-ring (bicyclic) bond motifs is 1. The number of hydrazine groups is 1. The largest absolute Gasteiger partial charge is 0.481 e. The van der Waals surface area contributed by atoms with Crippen molar-refractivity contribution in [3.8, 4) is 11.3 Å². The van der Waals surface area contributed by atoms with Gasteiger partial charge in [0, 0.05) is 11.6 Å². The second-order valence-corrected chi connectivity index (χ2v) is 6.42. The number of hydrogen-bond acceptors (Lipinski definition) is 6. The van der Waals surface area contributed by atoms with Crippen molar-refractivity contribution in [2.75, 3.05) is 7.11 Å². The Balaban J connectivity index is 1.69. The highest BCUT2D eigenvalue weighted by Crippen LogP contribution is 2.20. The second kappa shape index (κ2) is 7.07. The predicted octanol–water partition coefficient (Wildman–Crippen LogP) is 2.18. The van der Waals surface area contributed by atoms with Crippen LogP contribution in [-0.2, 0) is 4.74 Å². The Morgan fingerprint density at radius 2 is 2.00 bits per heavy atom. The fourth-order valence-electron chi connectivity index (χ4n) is 3.01. The molecule has 8 nitrogen and oxygen atoms in total. The maximum Gasteiger partial charge on any atom is 0.277 e. The monoisotopic (exact) mass is 376 g/mol. The van der Waals surface area contributed by atoms with Crippen LogP contribution in [0.5, 0.6) is 0 Å². The number of nitrogens with one attached hydrogen (secondary N) is 3. The van der Waals surface area contributed by atoms with E-state index >= 15 is 0 Å². The summed E-state index contributed by atoms with van der Waals surface area (Å²) in [6.07, 6.45) is 3.42. The molecule has 0 bridgehead atoms. The maximum absolute atomic E-state index is 12.9. The molecule has 2 aromatic heterocycles. The standard InChI is InChI=1S/C20H20N6O2/c1-12-5-4-6-14(11-12)15-7-9-17-21-13(2)19(26(17)25-15)20(27)22-16-8-10-18(28-3)24-23-16/h4-11,23-24H,1-3H3,(H,22,27). The molecule has 4 rings (SSSR count). The minimum atomic E-state index is -0.311. The molecule has 0 radical (unpaired) electrons. The van der Waals surface area contributed by atoms with Crippen LogP contribution < -0.4 is 16.2 Å². The number of aryl methyl sites for hydroxylation is 2. The van der Waals surface area contributed by atoms with Crippen LogP contribution in [0.15, 0.2) is 60.3 Å². The summed E-state index contributed by atoms with van der Waals surface area (Å²) in [7, 11) is 1.55. The Kier molecular flexibility index (Phi) is 4.44. The van der Waals surface area contributed by atoms with E-state index in [1.54, 1.807) is 30.7 Å². The van der Waals surface area contributed by atoms with Gasteiger partial charge in [0.2, 0.25) is 5.88 Å². The Bertz CT molecular complexity index is 1130. The van der Waals surface area contributed by atoms with E-state index in [0.29, 0.717) is 28.7 Å². The average molecular weight is 376 g/mol. The molecule has 1 aliphatic heterocycles. The molecule has 0 unspecified atom stereocenters. The summed E-state index contributed by atoms with van der Waals surface area (Å²) in [6.45, 7) is 3.82. The van der Waals surface area contributed by atoms with E-state index in [1.165, 1.54) is 0 Å². The van der Waals surface area contributed by atoms with Crippen LogP contribution in [0.1, 0.15) is 21.7 Å². The molecule has 0 spiro atoms. The first kappa shape index (κ1) is 17.6. The summed E-state index contributed by atoms with van der Waals surface area (Å²) in [5.41, 5.74) is 10.2. The second-order valence-electron chi connectivity index (χ2n) is 6.42. The summed E-state index contributed by atoms with van der Waals surface area (Å²) in [4.78, 5) is 17.3. The van der Waals surface area contributed by atoms with E-state index in [4.69, 9.17) is 4.74 Å². The van der Waals surface area contributed by atoms with Crippen molar-refractivity contribution in [3.63, 3.8) is 0 Å². The van der Waals surface area contributed by atoms with Crippen molar-refractivity contribution in [2.45, 2.75) is 13.8 Å². The molecular weight excluding hydrogens is 356 g/mol. The molecule has 1 aliphatic rings. The third-order valence-electron chi connectivity index (χ3n) is 4.37. The van der Waals surface area contributed by atoms with Gasteiger partial charge < -0.3 is 10.1 Å². The van der Waals surface area contributed by atoms with Gasteiger partial charge in [0.1, 0.15) is 5.82 Å². The maximum atomic E-state index is 12.9. The van der Waals surface area contributed by atoms with E-state index in [0.717, 1.165) is 16.8 Å². The molecule has 0 saturated heterocycles. The molecule has 0 atom stereocenters. The molecule has 0 aliphatic carbocycles. The molecule has 3 N–H and O–H groups in total. The smallest absolute Gasteiger partial charge is 0.277 e. The highest BCUT2D eigenvalue weighted by atomic mass is 16.5. The van der Waals surface area contributed by atoms with Gasteiger partial charge in [0.05, 0.1) is 18.5 Å². The number of allylic oxidation sites excluding steroid dienone is 2. The highest BCUT2D eigenvalue weighted by molar-refractivity contribution is 5.95. The first-order valence-corrected chi connectivity index (χ1v) is 8.78. The normalized spacial score (nSPS) is 13.2. The number of carbonyl (C=O) groups is 1. The lowest BCUT2D eigenvalue weighted by Crippen LogP contribution is -2.41. The van der Waals surface area contributed by atoms with Gasteiger partial charge in [-0.2, -0.15) is 5.10 Å². The van der Waals surface area contributed by atoms with Crippen molar-refractivity contribution in [2.24, 2.45) is 0 Å². The van der Waals surface area contributed by atoms with Gasteiger partial charge in [-0.1, -0.05) is 23.8 Å². The van der Waals surface area contributed by atoms with E-state index < -0.39 is 0 Å². The Hall–Kier alpha value is -3.81. The van der Waals surface area contributed by atoms with Gasteiger partial charge in [-0.3, -0.25) is 15.6 Å². The van der Waals surface area contributed by atoms with Gasteiger partial charge in [-0.15, -0.1) is 0 Å². The van der Waals surface area contributed by atoms with Crippen LogP contribution in [0, 0.1) is 13.8 Å². The van der Waals surface area contributed by atoms with Gasteiger partial charge in [0.25, 0.3) is 5.91 Å². The molecule has 1 aromatic carbocycles. The summed E-state index contributed by atoms with van der Waals surface area (Å²) in [6, 6.07) is 11.8. The molecule has 3 aromatic rings. The minimum absolute atomic E-state index is 0.311. The zero-order valence-electron chi connectivity index (χ0n) is 15.8. The highest BCUT2D eigenvalue weighted by Gasteiger charge is 2.20. The number of rotatable bonds is 4. The lowest BCUT2D eigenvalue weighted by atomic mass is 10.1. The fourth-order valence-corrected chi connectivity index (χ4v) is 3.01. The van der Waals surface area contributed by atoms with Crippen LogP contribution in [-0.4, -0.2) is 27.6 Å². The first-order valence-electron chi connectivity index (χ1n) is 8.78. The average Bonchev–Trinajstić information content (AvgIpc) is 3.03. The van der Waals surface area contributed by atoms with Crippen molar-refractivity contribution in [1.82, 2.24) is 30.8 Å². The predicted molar refractivity (Wildman–Crippen MR) is 105 cm³/mol. The third-order valence-corrected chi connectivity index (χ3v) is 4.37. The zero-order valence-corrected chi connectivity index (χ0v) is 15.8. The molecule has 3 heterocycles. The Morgan fingerprint density at radius 3 is 2.71 bits per heavy atom. The topological polar surface area (TPSA) is 92.6 Å². The molecule has 1 amide bonds. The number of hydrogen-bond donors (Lipinski definition) is 3. The summed E-state index contributed by atoms with van der Waals surface area (Å²) >= 11 is 0. The SMILES string of the molecule is COC1=CC=C(NC(=O)c2c(C)nc3ccc(-c4cccc(C)c4)nn23)NN1. The lowest BCUT2D eigenvalue weighted by Gasteiger charge is -2.18. The van der Waals surface area contributed by atoms with Crippen molar-refractivity contribution in [3.05, 3.63) is 77.2 Å². The third kappa shape index (κ3) is 3.27.